The van der Waals surface area contributed by atoms with Crippen LogP contribution in [0, 0.1) is 0 Å². The Kier molecular flexibility index (Phi) is 6.20. The minimum atomic E-state index is -0.694. The van der Waals surface area contributed by atoms with Gasteiger partial charge < -0.3 is 14.6 Å². The highest BCUT2D eigenvalue weighted by molar-refractivity contribution is 6.35. The first kappa shape index (κ1) is 18.8. The molecular weight excluding hydrogens is 375 g/mol. The molecule has 26 heavy (non-hydrogen) atoms. The van der Waals surface area contributed by atoms with E-state index >= 15 is 0 Å². The van der Waals surface area contributed by atoms with Crippen LogP contribution in [0.1, 0.15) is 24.0 Å². The van der Waals surface area contributed by atoms with Crippen LogP contribution in [0.3, 0.4) is 0 Å². The predicted molar refractivity (Wildman–Crippen MR) is 101 cm³/mol. The molecule has 0 radical (unpaired) electrons. The van der Waals surface area contributed by atoms with E-state index in [-0.39, 0.29) is 6.42 Å². The van der Waals surface area contributed by atoms with Crippen LogP contribution in [0.25, 0.3) is 6.08 Å². The maximum atomic E-state index is 11.4. The van der Waals surface area contributed by atoms with Gasteiger partial charge in [0, 0.05) is 17.0 Å². The number of carbonyl (C=O) groups is 1. The molecule has 1 saturated heterocycles. The fourth-order valence-electron chi connectivity index (χ4n) is 2.71. The Balaban J connectivity index is 1.79. The molecule has 1 aliphatic heterocycles. The number of hydrogen-bond donors (Lipinski definition) is 1. The van der Waals surface area contributed by atoms with Gasteiger partial charge in [0.2, 0.25) is 0 Å². The van der Waals surface area contributed by atoms with E-state index in [1.54, 1.807) is 24.3 Å². The minimum Gasteiger partial charge on any atom is -0.488 e. The molecule has 1 N–H and O–H groups in total. The smallest absolute Gasteiger partial charge is 0.309 e. The highest BCUT2D eigenvalue weighted by atomic mass is 35.5. The zero-order chi connectivity index (χ0) is 18.5. The summed E-state index contributed by atoms with van der Waals surface area (Å²) in [6.07, 6.45) is 2.62. The van der Waals surface area contributed by atoms with Gasteiger partial charge >= 0.3 is 5.97 Å². The van der Waals surface area contributed by atoms with Crippen molar-refractivity contribution in [3.05, 3.63) is 69.7 Å². The molecule has 1 aliphatic rings. The molecular formula is C20H18Cl2O4. The Morgan fingerprint density at radius 2 is 2.00 bits per heavy atom. The fraction of sp³-hybridized carbons (Fsp3) is 0.250. The molecule has 6 heteroatoms. The van der Waals surface area contributed by atoms with Crippen molar-refractivity contribution in [1.29, 1.82) is 0 Å². The third-order valence-corrected chi connectivity index (χ3v) is 4.49. The summed E-state index contributed by atoms with van der Waals surface area (Å²) in [5.74, 6) is 0.117. The molecule has 0 aliphatic carbocycles. The average Bonchev–Trinajstić information content (AvgIpc) is 2.59. The number of halogens is 2. The van der Waals surface area contributed by atoms with Gasteiger partial charge in [-0.3, -0.25) is 4.79 Å². The van der Waals surface area contributed by atoms with Crippen LogP contribution in [0.4, 0.5) is 0 Å². The van der Waals surface area contributed by atoms with Crippen LogP contribution in [-0.2, 0) is 16.1 Å². The lowest BCUT2D eigenvalue weighted by atomic mass is 10.0. The van der Waals surface area contributed by atoms with Gasteiger partial charge in [-0.15, -0.1) is 0 Å². The average molecular weight is 393 g/mol. The van der Waals surface area contributed by atoms with E-state index < -0.39 is 18.2 Å². The maximum Gasteiger partial charge on any atom is 0.309 e. The summed E-state index contributed by atoms with van der Waals surface area (Å²) < 4.78 is 11.1. The van der Waals surface area contributed by atoms with E-state index in [1.165, 1.54) is 0 Å². The molecule has 3 rings (SSSR count). The van der Waals surface area contributed by atoms with E-state index in [2.05, 4.69) is 0 Å². The SMILES string of the molecule is O=C1C[C@@H](O)C[C@H](C=Cc2c(Cl)cc(Cl)cc2OCc2ccccc2)O1. The topological polar surface area (TPSA) is 55.8 Å². The summed E-state index contributed by atoms with van der Waals surface area (Å²) in [4.78, 5) is 11.4. The van der Waals surface area contributed by atoms with Crippen molar-refractivity contribution in [1.82, 2.24) is 0 Å². The monoisotopic (exact) mass is 392 g/mol. The Morgan fingerprint density at radius 1 is 1.23 bits per heavy atom. The van der Waals surface area contributed by atoms with E-state index in [9.17, 15) is 9.90 Å². The van der Waals surface area contributed by atoms with Crippen molar-refractivity contribution < 1.29 is 19.4 Å². The Bertz CT molecular complexity index is 805. The Hall–Kier alpha value is -2.01. The highest BCUT2D eigenvalue weighted by Gasteiger charge is 2.25. The summed E-state index contributed by atoms with van der Waals surface area (Å²) in [5.41, 5.74) is 1.66. The summed E-state index contributed by atoms with van der Waals surface area (Å²) in [5, 5.41) is 10.6. The second-order valence-electron chi connectivity index (χ2n) is 6.05. The number of aliphatic hydroxyl groups excluding tert-OH is 1. The molecule has 1 fully saturated rings. The van der Waals surface area contributed by atoms with E-state index in [0.29, 0.717) is 34.4 Å². The van der Waals surface area contributed by atoms with E-state index in [1.807, 2.05) is 30.3 Å². The van der Waals surface area contributed by atoms with Crippen molar-refractivity contribution >= 4 is 35.2 Å². The van der Waals surface area contributed by atoms with Crippen LogP contribution in [0.15, 0.2) is 48.5 Å². The molecule has 0 saturated carbocycles. The summed E-state index contributed by atoms with van der Waals surface area (Å²) in [7, 11) is 0. The number of esters is 1. The first-order valence-electron chi connectivity index (χ1n) is 8.23. The molecule has 0 bridgehead atoms. The molecule has 4 nitrogen and oxygen atoms in total. The van der Waals surface area contributed by atoms with Gasteiger partial charge in [0.05, 0.1) is 17.5 Å². The standard InChI is InChI=1S/C20H18Cl2O4/c21-14-8-18(22)17(7-6-16-10-15(23)11-20(24)26-16)19(9-14)25-12-13-4-2-1-3-5-13/h1-9,15-16,23H,10-12H2/t15-,16-/m0/s1. The van der Waals surface area contributed by atoms with Crippen LogP contribution in [0.5, 0.6) is 5.75 Å². The number of ether oxygens (including phenoxy) is 2. The predicted octanol–water partition coefficient (Wildman–Crippen LogP) is 4.65. The molecule has 0 unspecified atom stereocenters. The lowest BCUT2D eigenvalue weighted by Crippen LogP contribution is -2.31. The zero-order valence-electron chi connectivity index (χ0n) is 13.9. The number of benzene rings is 2. The first-order valence-corrected chi connectivity index (χ1v) is 8.98. The fourth-order valence-corrected chi connectivity index (χ4v) is 3.25. The van der Waals surface area contributed by atoms with Gasteiger partial charge in [0.25, 0.3) is 0 Å². The normalized spacial score (nSPS) is 20.2. The molecule has 0 aromatic heterocycles. The van der Waals surface area contributed by atoms with E-state index in [0.717, 1.165) is 5.56 Å². The number of cyclic esters (lactones) is 1. The molecule has 2 aromatic carbocycles. The summed E-state index contributed by atoms with van der Waals surface area (Å²) >= 11 is 12.4. The summed E-state index contributed by atoms with van der Waals surface area (Å²) in [6, 6.07) is 13.1. The van der Waals surface area contributed by atoms with Crippen LogP contribution in [-0.4, -0.2) is 23.3 Å². The highest BCUT2D eigenvalue weighted by Crippen LogP contribution is 2.33. The summed E-state index contributed by atoms with van der Waals surface area (Å²) in [6.45, 7) is 0.371. The Labute approximate surface area is 162 Å². The lowest BCUT2D eigenvalue weighted by molar-refractivity contribution is -0.156. The van der Waals surface area contributed by atoms with Crippen LogP contribution in [0.2, 0.25) is 10.0 Å². The Morgan fingerprint density at radius 3 is 2.73 bits per heavy atom. The molecule has 136 valence electrons. The molecule has 0 amide bonds. The largest absolute Gasteiger partial charge is 0.488 e. The molecule has 2 atom stereocenters. The molecule has 1 heterocycles. The van der Waals surface area contributed by atoms with Gasteiger partial charge in [-0.2, -0.15) is 0 Å². The number of aliphatic hydroxyl groups is 1. The maximum absolute atomic E-state index is 11.4. The van der Waals surface area contributed by atoms with Gasteiger partial charge in [0.1, 0.15) is 18.5 Å². The molecule has 2 aromatic rings. The van der Waals surface area contributed by atoms with Crippen molar-refractivity contribution in [3.63, 3.8) is 0 Å². The van der Waals surface area contributed by atoms with Gasteiger partial charge in [-0.05, 0) is 23.8 Å². The number of hydrogen-bond acceptors (Lipinski definition) is 4. The minimum absolute atomic E-state index is 0.0253. The third kappa shape index (κ3) is 5.01. The van der Waals surface area contributed by atoms with Crippen molar-refractivity contribution in [2.24, 2.45) is 0 Å². The van der Waals surface area contributed by atoms with Crippen molar-refractivity contribution in [2.75, 3.05) is 0 Å². The zero-order valence-corrected chi connectivity index (χ0v) is 15.4. The van der Waals surface area contributed by atoms with Gasteiger partial charge in [0.15, 0.2) is 0 Å². The van der Waals surface area contributed by atoms with Gasteiger partial charge in [-0.25, -0.2) is 0 Å². The van der Waals surface area contributed by atoms with Crippen LogP contribution < -0.4 is 4.74 Å². The lowest BCUT2D eigenvalue weighted by Gasteiger charge is -2.23. The third-order valence-electron chi connectivity index (χ3n) is 3.96. The second kappa shape index (κ2) is 8.58. The number of carbonyl (C=O) groups excluding carboxylic acids is 1. The van der Waals surface area contributed by atoms with E-state index in [4.69, 9.17) is 32.7 Å². The molecule has 0 spiro atoms. The van der Waals surface area contributed by atoms with Crippen LogP contribution >= 0.6 is 23.2 Å². The quantitative estimate of drug-likeness (QED) is 0.752. The number of rotatable bonds is 5. The van der Waals surface area contributed by atoms with Crippen molar-refractivity contribution in [3.8, 4) is 5.75 Å². The van der Waals surface area contributed by atoms with Crippen molar-refractivity contribution in [2.45, 2.75) is 31.7 Å². The van der Waals surface area contributed by atoms with Gasteiger partial charge in [-0.1, -0.05) is 59.6 Å². The second-order valence-corrected chi connectivity index (χ2v) is 6.90. The first-order chi connectivity index (χ1) is 12.5.